The summed E-state index contributed by atoms with van der Waals surface area (Å²) < 4.78 is 5.33. The largest absolute Gasteiger partial charge is 0.444 e. The zero-order valence-corrected chi connectivity index (χ0v) is 21.3. The molecule has 0 saturated carbocycles. The van der Waals surface area contributed by atoms with E-state index in [9.17, 15) is 4.79 Å². The van der Waals surface area contributed by atoms with E-state index in [-0.39, 0.29) is 24.0 Å². The zero-order chi connectivity index (χ0) is 21.4. The SMILES string of the molecule is CCNC(=NCc1cccc(N(C)C)n1)NCC(C)(C)NC(=O)OC(C)(C)C.I. The minimum atomic E-state index is -0.530. The number of amides is 1. The first-order valence-corrected chi connectivity index (χ1v) is 9.58. The number of ether oxygens (including phenoxy) is 1. The Morgan fingerprint density at radius 2 is 1.83 bits per heavy atom. The number of halogens is 1. The number of nitrogens with one attached hydrogen (secondary N) is 3. The smallest absolute Gasteiger partial charge is 0.408 e. The normalized spacial score (nSPS) is 11.9. The van der Waals surface area contributed by atoms with Crippen LogP contribution in [0.2, 0.25) is 0 Å². The number of pyridine rings is 1. The van der Waals surface area contributed by atoms with Crippen molar-refractivity contribution in [2.75, 3.05) is 32.1 Å². The number of aliphatic imine (C=N–C) groups is 1. The third-order valence-corrected chi connectivity index (χ3v) is 3.53. The lowest BCUT2D eigenvalue weighted by atomic mass is 10.1. The summed E-state index contributed by atoms with van der Waals surface area (Å²) in [5, 5.41) is 9.36. The van der Waals surface area contributed by atoms with Gasteiger partial charge in [0.2, 0.25) is 0 Å². The molecule has 9 heteroatoms. The second-order valence-electron chi connectivity index (χ2n) is 8.44. The van der Waals surface area contributed by atoms with Gasteiger partial charge in [-0.15, -0.1) is 24.0 Å². The molecule has 1 aromatic heterocycles. The number of anilines is 1. The predicted molar refractivity (Wildman–Crippen MR) is 130 cm³/mol. The number of carbonyl (C=O) groups excluding carboxylic acids is 1. The highest BCUT2D eigenvalue weighted by Gasteiger charge is 2.24. The van der Waals surface area contributed by atoms with Crippen molar-refractivity contribution < 1.29 is 9.53 Å². The molecule has 1 rings (SSSR count). The van der Waals surface area contributed by atoms with Gasteiger partial charge in [-0.3, -0.25) is 0 Å². The molecule has 8 nitrogen and oxygen atoms in total. The Labute approximate surface area is 192 Å². The quantitative estimate of drug-likeness (QED) is 0.291. The van der Waals surface area contributed by atoms with Crippen molar-refractivity contribution in [3.8, 4) is 0 Å². The van der Waals surface area contributed by atoms with Crippen LogP contribution in [0.1, 0.15) is 47.2 Å². The van der Waals surface area contributed by atoms with Crippen LogP contribution in [-0.4, -0.2) is 55.4 Å². The molecule has 3 N–H and O–H groups in total. The number of nitrogens with zero attached hydrogens (tertiary/aromatic N) is 3. The van der Waals surface area contributed by atoms with E-state index in [4.69, 9.17) is 4.74 Å². The molecule has 0 saturated heterocycles. The van der Waals surface area contributed by atoms with Gasteiger partial charge in [0.1, 0.15) is 11.4 Å². The fourth-order valence-corrected chi connectivity index (χ4v) is 2.23. The van der Waals surface area contributed by atoms with Gasteiger partial charge in [-0.25, -0.2) is 14.8 Å². The van der Waals surface area contributed by atoms with Crippen molar-refractivity contribution >= 4 is 41.8 Å². The molecule has 29 heavy (non-hydrogen) atoms. The van der Waals surface area contributed by atoms with Crippen molar-refractivity contribution in [3.05, 3.63) is 23.9 Å². The highest BCUT2D eigenvalue weighted by Crippen LogP contribution is 2.10. The Morgan fingerprint density at radius 3 is 2.38 bits per heavy atom. The maximum absolute atomic E-state index is 12.0. The fourth-order valence-electron chi connectivity index (χ4n) is 2.23. The maximum Gasteiger partial charge on any atom is 0.408 e. The molecule has 1 amide bonds. The van der Waals surface area contributed by atoms with Crippen LogP contribution < -0.4 is 20.9 Å². The van der Waals surface area contributed by atoms with Crippen LogP contribution >= 0.6 is 24.0 Å². The monoisotopic (exact) mass is 520 g/mol. The number of hydrogen-bond acceptors (Lipinski definition) is 5. The first-order chi connectivity index (χ1) is 12.9. The van der Waals surface area contributed by atoms with Crippen LogP contribution in [0.3, 0.4) is 0 Å². The molecule has 1 aromatic rings. The second-order valence-corrected chi connectivity index (χ2v) is 8.44. The molecule has 0 bridgehead atoms. The summed E-state index contributed by atoms with van der Waals surface area (Å²) >= 11 is 0. The number of guanidine groups is 1. The van der Waals surface area contributed by atoms with E-state index in [1.54, 1.807) is 0 Å². The van der Waals surface area contributed by atoms with Crippen LogP contribution in [0.5, 0.6) is 0 Å². The number of rotatable bonds is 7. The van der Waals surface area contributed by atoms with Gasteiger partial charge in [0, 0.05) is 27.2 Å². The van der Waals surface area contributed by atoms with Crippen LogP contribution in [0.15, 0.2) is 23.2 Å². The minimum Gasteiger partial charge on any atom is -0.444 e. The molecule has 166 valence electrons. The summed E-state index contributed by atoms with van der Waals surface area (Å²) in [6.07, 6.45) is -0.439. The molecule has 0 aromatic carbocycles. The predicted octanol–water partition coefficient (Wildman–Crippen LogP) is 3.12. The molecular formula is C20H37IN6O2. The minimum absolute atomic E-state index is 0. The third kappa shape index (κ3) is 11.7. The standard InChI is InChI=1S/C20H36N6O2.HI/c1-9-21-17(22-13-15-11-10-12-16(24-15)26(7)8)23-14-20(5,6)25-18(27)28-19(2,3)4;/h10-12H,9,13-14H2,1-8H3,(H,25,27)(H2,21,22,23);1H. The molecule has 0 aliphatic rings. The highest BCUT2D eigenvalue weighted by atomic mass is 127. The lowest BCUT2D eigenvalue weighted by molar-refractivity contribution is 0.0474. The van der Waals surface area contributed by atoms with E-state index in [0.717, 1.165) is 18.1 Å². The molecule has 0 spiro atoms. The van der Waals surface area contributed by atoms with E-state index in [0.29, 0.717) is 19.0 Å². The topological polar surface area (TPSA) is 90.9 Å². The zero-order valence-electron chi connectivity index (χ0n) is 18.9. The number of hydrogen-bond donors (Lipinski definition) is 3. The van der Waals surface area contributed by atoms with E-state index < -0.39 is 17.2 Å². The van der Waals surface area contributed by atoms with Crippen LogP contribution in [-0.2, 0) is 11.3 Å². The molecule has 0 aliphatic carbocycles. The van der Waals surface area contributed by atoms with Gasteiger partial charge in [0.25, 0.3) is 0 Å². The first-order valence-electron chi connectivity index (χ1n) is 9.58. The first kappa shape index (κ1) is 27.2. The number of carbonyl (C=O) groups is 1. The van der Waals surface area contributed by atoms with Crippen molar-refractivity contribution in [2.45, 2.75) is 59.2 Å². The maximum atomic E-state index is 12.0. The van der Waals surface area contributed by atoms with Crippen molar-refractivity contribution in [1.82, 2.24) is 20.9 Å². The van der Waals surface area contributed by atoms with Gasteiger partial charge in [-0.05, 0) is 53.7 Å². The Balaban J connectivity index is 0.00000784. The lowest BCUT2D eigenvalue weighted by Gasteiger charge is -2.29. The van der Waals surface area contributed by atoms with Crippen molar-refractivity contribution in [2.24, 2.45) is 4.99 Å². The number of aromatic nitrogens is 1. The average molecular weight is 520 g/mol. The Morgan fingerprint density at radius 1 is 1.17 bits per heavy atom. The lowest BCUT2D eigenvalue weighted by Crippen LogP contribution is -2.54. The van der Waals surface area contributed by atoms with Gasteiger partial charge in [-0.1, -0.05) is 6.07 Å². The van der Waals surface area contributed by atoms with Gasteiger partial charge < -0.3 is 25.6 Å². The fraction of sp³-hybridized carbons (Fsp3) is 0.650. The molecular weight excluding hydrogens is 483 g/mol. The molecule has 0 atom stereocenters. The summed E-state index contributed by atoms with van der Waals surface area (Å²) in [7, 11) is 3.92. The van der Waals surface area contributed by atoms with Gasteiger partial charge in [0.05, 0.1) is 17.8 Å². The molecule has 0 radical (unpaired) electrons. The van der Waals surface area contributed by atoms with Crippen LogP contribution in [0.4, 0.5) is 10.6 Å². The van der Waals surface area contributed by atoms with E-state index in [1.807, 2.05) is 78.7 Å². The van der Waals surface area contributed by atoms with Crippen molar-refractivity contribution in [3.63, 3.8) is 0 Å². The second kappa shape index (κ2) is 12.0. The molecule has 0 unspecified atom stereocenters. The molecule has 0 aliphatic heterocycles. The van der Waals surface area contributed by atoms with E-state index in [1.165, 1.54) is 0 Å². The summed E-state index contributed by atoms with van der Waals surface area (Å²) in [6.45, 7) is 13.1. The Hall–Kier alpha value is -1.78. The summed E-state index contributed by atoms with van der Waals surface area (Å²) in [5.74, 6) is 1.56. The number of alkyl carbamates (subject to hydrolysis) is 1. The van der Waals surface area contributed by atoms with E-state index in [2.05, 4.69) is 25.9 Å². The van der Waals surface area contributed by atoms with Crippen LogP contribution in [0, 0.1) is 0 Å². The van der Waals surface area contributed by atoms with Crippen LogP contribution in [0.25, 0.3) is 0 Å². The molecule has 0 fully saturated rings. The summed E-state index contributed by atoms with van der Waals surface area (Å²) in [5.41, 5.74) is -0.158. The Bertz CT molecular complexity index is 671. The van der Waals surface area contributed by atoms with E-state index >= 15 is 0 Å². The van der Waals surface area contributed by atoms with Gasteiger partial charge in [0.15, 0.2) is 5.96 Å². The summed E-state index contributed by atoms with van der Waals surface area (Å²) in [4.78, 5) is 23.2. The van der Waals surface area contributed by atoms with Crippen molar-refractivity contribution in [1.29, 1.82) is 0 Å². The average Bonchev–Trinajstić information content (AvgIpc) is 2.55. The van der Waals surface area contributed by atoms with Gasteiger partial charge >= 0.3 is 6.09 Å². The Kier molecular flexibility index (Phi) is 11.3. The highest BCUT2D eigenvalue weighted by molar-refractivity contribution is 14.0. The summed E-state index contributed by atoms with van der Waals surface area (Å²) in [6, 6.07) is 5.89. The van der Waals surface area contributed by atoms with Gasteiger partial charge in [-0.2, -0.15) is 0 Å². The molecule has 1 heterocycles. The third-order valence-electron chi connectivity index (χ3n) is 3.53.